The van der Waals surface area contributed by atoms with Crippen molar-refractivity contribution < 1.29 is 14.6 Å². The van der Waals surface area contributed by atoms with Crippen LogP contribution in [0.25, 0.3) is 0 Å². The van der Waals surface area contributed by atoms with Crippen LogP contribution in [0.3, 0.4) is 0 Å². The zero-order chi connectivity index (χ0) is 12.3. The summed E-state index contributed by atoms with van der Waals surface area (Å²) in [5.74, 6) is 0.211. The molecule has 1 aliphatic rings. The number of carboxylic acids is 1. The van der Waals surface area contributed by atoms with Gasteiger partial charge < -0.3 is 9.84 Å². The van der Waals surface area contributed by atoms with E-state index in [1.54, 1.807) is 0 Å². The van der Waals surface area contributed by atoms with Crippen LogP contribution in [0.1, 0.15) is 11.1 Å². The summed E-state index contributed by atoms with van der Waals surface area (Å²) in [6, 6.07) is 6.23. The molecule has 2 rings (SSSR count). The fraction of sp³-hybridized carbons (Fsp3) is 0.462. The molecular weight excluding hydrogens is 218 g/mol. The Bertz CT molecular complexity index is 417. The van der Waals surface area contributed by atoms with Crippen molar-refractivity contribution >= 4 is 5.97 Å². The Hall–Kier alpha value is -1.55. The summed E-state index contributed by atoms with van der Waals surface area (Å²) in [7, 11) is 1.82. The van der Waals surface area contributed by atoms with E-state index in [1.807, 2.05) is 18.0 Å². The lowest BCUT2D eigenvalue weighted by molar-refractivity contribution is -0.137. The van der Waals surface area contributed by atoms with Gasteiger partial charge in [0.15, 0.2) is 0 Å². The standard InChI is InChI=1S/C13H17NO3/c1-14(9-13(15)16)6-4-10-2-3-12-11(8-10)5-7-17-12/h2-3,8H,4-7,9H2,1H3,(H,15,16). The Labute approximate surface area is 101 Å². The Kier molecular flexibility index (Phi) is 3.64. The number of aliphatic carboxylic acids is 1. The second kappa shape index (κ2) is 5.19. The summed E-state index contributed by atoms with van der Waals surface area (Å²) in [6.07, 6.45) is 1.85. The summed E-state index contributed by atoms with van der Waals surface area (Å²) >= 11 is 0. The second-order valence-corrected chi connectivity index (χ2v) is 4.42. The molecule has 0 atom stereocenters. The minimum Gasteiger partial charge on any atom is -0.493 e. The van der Waals surface area contributed by atoms with Gasteiger partial charge in [-0.05, 0) is 30.7 Å². The van der Waals surface area contributed by atoms with Crippen LogP contribution in [0.5, 0.6) is 5.75 Å². The topological polar surface area (TPSA) is 49.8 Å². The quantitative estimate of drug-likeness (QED) is 0.832. The van der Waals surface area contributed by atoms with Gasteiger partial charge >= 0.3 is 5.97 Å². The highest BCUT2D eigenvalue weighted by Gasteiger charge is 2.12. The predicted molar refractivity (Wildman–Crippen MR) is 64.5 cm³/mol. The van der Waals surface area contributed by atoms with Crippen molar-refractivity contribution in [2.75, 3.05) is 26.7 Å². The van der Waals surface area contributed by atoms with Gasteiger partial charge in [0.05, 0.1) is 13.2 Å². The molecule has 17 heavy (non-hydrogen) atoms. The van der Waals surface area contributed by atoms with E-state index < -0.39 is 5.97 Å². The van der Waals surface area contributed by atoms with Gasteiger partial charge in [-0.15, -0.1) is 0 Å². The van der Waals surface area contributed by atoms with Gasteiger partial charge in [-0.1, -0.05) is 12.1 Å². The van der Waals surface area contributed by atoms with Crippen molar-refractivity contribution in [2.45, 2.75) is 12.8 Å². The molecule has 0 saturated carbocycles. The molecule has 0 saturated heterocycles. The Morgan fingerprint density at radius 3 is 3.12 bits per heavy atom. The van der Waals surface area contributed by atoms with Crippen LogP contribution < -0.4 is 4.74 Å². The molecule has 0 bridgehead atoms. The molecular formula is C13H17NO3. The number of ether oxygens (including phenoxy) is 1. The molecule has 1 aromatic carbocycles. The number of hydrogen-bond donors (Lipinski definition) is 1. The van der Waals surface area contributed by atoms with E-state index >= 15 is 0 Å². The van der Waals surface area contributed by atoms with Crippen molar-refractivity contribution in [2.24, 2.45) is 0 Å². The van der Waals surface area contributed by atoms with E-state index in [9.17, 15) is 4.79 Å². The number of likely N-dealkylation sites (N-methyl/N-ethyl adjacent to an activating group) is 1. The van der Waals surface area contributed by atoms with Crippen molar-refractivity contribution in [3.05, 3.63) is 29.3 Å². The van der Waals surface area contributed by atoms with Crippen LogP contribution in [-0.2, 0) is 17.6 Å². The number of fused-ring (bicyclic) bond motifs is 1. The maximum atomic E-state index is 10.5. The predicted octanol–water partition coefficient (Wildman–Crippen LogP) is 1.18. The molecule has 1 aliphatic heterocycles. The highest BCUT2D eigenvalue weighted by Crippen LogP contribution is 2.25. The molecule has 4 heteroatoms. The summed E-state index contributed by atoms with van der Waals surface area (Å²) in [5.41, 5.74) is 2.51. The first-order valence-electron chi connectivity index (χ1n) is 5.80. The molecule has 0 aliphatic carbocycles. The smallest absolute Gasteiger partial charge is 0.317 e. The van der Waals surface area contributed by atoms with Gasteiger partial charge in [-0.3, -0.25) is 9.69 Å². The van der Waals surface area contributed by atoms with E-state index in [0.717, 1.165) is 31.7 Å². The molecule has 92 valence electrons. The van der Waals surface area contributed by atoms with E-state index in [1.165, 1.54) is 11.1 Å². The highest BCUT2D eigenvalue weighted by atomic mass is 16.5. The number of hydrogen-bond acceptors (Lipinski definition) is 3. The molecule has 4 nitrogen and oxygen atoms in total. The summed E-state index contributed by atoms with van der Waals surface area (Å²) in [4.78, 5) is 12.3. The van der Waals surface area contributed by atoms with Crippen LogP contribution >= 0.6 is 0 Å². The van der Waals surface area contributed by atoms with Crippen molar-refractivity contribution in [3.8, 4) is 5.75 Å². The van der Waals surface area contributed by atoms with Gasteiger partial charge in [0.2, 0.25) is 0 Å². The van der Waals surface area contributed by atoms with Crippen LogP contribution in [0.4, 0.5) is 0 Å². The maximum absolute atomic E-state index is 10.5. The average Bonchev–Trinajstić information content (AvgIpc) is 2.72. The summed E-state index contributed by atoms with van der Waals surface area (Å²) in [5, 5.41) is 8.65. The Balaban J connectivity index is 1.89. The molecule has 0 unspecified atom stereocenters. The molecule has 0 fully saturated rings. The van der Waals surface area contributed by atoms with E-state index in [0.29, 0.717) is 0 Å². The normalized spacial score (nSPS) is 13.5. The SMILES string of the molecule is CN(CCc1ccc2c(c1)CCO2)CC(=O)O. The van der Waals surface area contributed by atoms with Gasteiger partial charge in [-0.25, -0.2) is 0 Å². The van der Waals surface area contributed by atoms with Crippen molar-refractivity contribution in [1.29, 1.82) is 0 Å². The highest BCUT2D eigenvalue weighted by molar-refractivity contribution is 5.69. The van der Waals surface area contributed by atoms with Crippen LogP contribution in [-0.4, -0.2) is 42.7 Å². The molecule has 0 aromatic heterocycles. The first kappa shape index (κ1) is 11.9. The summed E-state index contributed by atoms with van der Waals surface area (Å²) in [6.45, 7) is 1.62. The molecule has 1 aromatic rings. The number of rotatable bonds is 5. The fourth-order valence-corrected chi connectivity index (χ4v) is 2.03. The molecule has 0 radical (unpaired) electrons. The molecule has 0 spiro atoms. The monoisotopic (exact) mass is 235 g/mol. The van der Waals surface area contributed by atoms with Crippen molar-refractivity contribution in [1.82, 2.24) is 4.90 Å². The van der Waals surface area contributed by atoms with Gasteiger partial charge in [-0.2, -0.15) is 0 Å². The Morgan fingerprint density at radius 1 is 1.53 bits per heavy atom. The maximum Gasteiger partial charge on any atom is 0.317 e. The Morgan fingerprint density at radius 2 is 2.35 bits per heavy atom. The van der Waals surface area contributed by atoms with Crippen LogP contribution in [0.15, 0.2) is 18.2 Å². The lowest BCUT2D eigenvalue weighted by atomic mass is 10.1. The molecule has 1 N–H and O–H groups in total. The third-order valence-electron chi connectivity index (χ3n) is 2.94. The van der Waals surface area contributed by atoms with Gasteiger partial charge in [0.1, 0.15) is 5.75 Å². The first-order valence-corrected chi connectivity index (χ1v) is 5.80. The lowest BCUT2D eigenvalue weighted by Gasteiger charge is -2.13. The van der Waals surface area contributed by atoms with E-state index in [4.69, 9.17) is 9.84 Å². The molecule has 1 heterocycles. The largest absolute Gasteiger partial charge is 0.493 e. The lowest BCUT2D eigenvalue weighted by Crippen LogP contribution is -2.27. The molecule has 0 amide bonds. The zero-order valence-electron chi connectivity index (χ0n) is 9.98. The third-order valence-corrected chi connectivity index (χ3v) is 2.94. The third kappa shape index (κ3) is 3.20. The number of nitrogens with zero attached hydrogens (tertiary/aromatic N) is 1. The minimum atomic E-state index is -0.783. The fourth-order valence-electron chi connectivity index (χ4n) is 2.03. The number of carbonyl (C=O) groups is 1. The summed E-state index contributed by atoms with van der Waals surface area (Å²) < 4.78 is 5.44. The second-order valence-electron chi connectivity index (χ2n) is 4.42. The zero-order valence-corrected chi connectivity index (χ0v) is 9.98. The van der Waals surface area contributed by atoms with Crippen molar-refractivity contribution in [3.63, 3.8) is 0 Å². The first-order chi connectivity index (χ1) is 8.15. The van der Waals surface area contributed by atoms with Gasteiger partial charge in [0.25, 0.3) is 0 Å². The number of benzene rings is 1. The average molecular weight is 235 g/mol. The van der Waals surface area contributed by atoms with Crippen LogP contribution in [0, 0.1) is 0 Å². The van der Waals surface area contributed by atoms with Gasteiger partial charge in [0, 0.05) is 13.0 Å². The van der Waals surface area contributed by atoms with Crippen LogP contribution in [0.2, 0.25) is 0 Å². The number of carboxylic acid groups (broad SMARTS) is 1. The van der Waals surface area contributed by atoms with E-state index in [2.05, 4.69) is 12.1 Å². The minimum absolute atomic E-state index is 0.0913. The van der Waals surface area contributed by atoms with E-state index in [-0.39, 0.29) is 6.54 Å².